The van der Waals surface area contributed by atoms with Crippen LogP contribution in [0.15, 0.2) is 24.8 Å². The predicted octanol–water partition coefficient (Wildman–Crippen LogP) is 6.03. The molecule has 1 saturated heterocycles. The van der Waals surface area contributed by atoms with Crippen molar-refractivity contribution in [1.82, 2.24) is 4.90 Å². The summed E-state index contributed by atoms with van der Waals surface area (Å²) in [5.41, 5.74) is 2.67. The van der Waals surface area contributed by atoms with Crippen molar-refractivity contribution in [2.45, 2.75) is 52.7 Å². The molecule has 8 nitrogen and oxygen atoms in total. The number of benzene rings is 2. The molecule has 2 aromatic rings. The second-order valence-electron chi connectivity index (χ2n) is 10.9. The largest absolute Gasteiger partial charge is 0.495 e. The van der Waals surface area contributed by atoms with Crippen molar-refractivity contribution in [2.24, 2.45) is 17.8 Å². The van der Waals surface area contributed by atoms with E-state index >= 15 is 0 Å². The van der Waals surface area contributed by atoms with Gasteiger partial charge in [0.05, 0.1) is 13.2 Å². The number of aryl methyl sites for hydroxylation is 1. The Morgan fingerprint density at radius 2 is 1.97 bits per heavy atom. The Morgan fingerprint density at radius 1 is 1.26 bits per heavy atom. The first-order valence-electron chi connectivity index (χ1n) is 13.2. The van der Waals surface area contributed by atoms with Gasteiger partial charge in [0.25, 0.3) is 0 Å². The summed E-state index contributed by atoms with van der Waals surface area (Å²) in [6.45, 7) is 11.1. The maximum Gasteiger partial charge on any atom is 0.415 e. The van der Waals surface area contributed by atoms with Crippen molar-refractivity contribution in [2.75, 3.05) is 20.2 Å². The summed E-state index contributed by atoms with van der Waals surface area (Å²) in [6.07, 6.45) is 3.22. The standard InChI is InChI=1S/C30H35NO7/c1-6-20-17(4)12-25(38-30(34)31-13-18-7-8-19(18)14-31)27-22(20)15-36-29(33)26-24(37-27)10-9-21(28(26)35-5)23(32)11-16(2)3/h6,9-10,12,16,18-19,23,32H,1,7-8,11,13-15H2,2-5H3/t18?,19?,23-/m0/s1. The molecular formula is C30H35NO7. The first-order chi connectivity index (χ1) is 18.2. The van der Waals surface area contributed by atoms with Gasteiger partial charge in [0.15, 0.2) is 11.5 Å². The number of ether oxygens (including phenoxy) is 4. The third-order valence-electron chi connectivity index (χ3n) is 7.91. The summed E-state index contributed by atoms with van der Waals surface area (Å²) >= 11 is 0. The maximum absolute atomic E-state index is 13.3. The number of esters is 1. The van der Waals surface area contributed by atoms with Crippen LogP contribution in [0.1, 0.15) is 71.8 Å². The number of hydrogen-bond donors (Lipinski definition) is 1. The monoisotopic (exact) mass is 521 g/mol. The van der Waals surface area contributed by atoms with Gasteiger partial charge >= 0.3 is 12.1 Å². The first kappa shape index (κ1) is 26.1. The van der Waals surface area contributed by atoms with Gasteiger partial charge in [0.2, 0.25) is 0 Å². The molecule has 38 heavy (non-hydrogen) atoms. The van der Waals surface area contributed by atoms with E-state index in [4.69, 9.17) is 18.9 Å². The SMILES string of the molecule is C=Cc1c(C)cc(OC(=O)N2CC3CCC3C2)c2c1COC(=O)c1c(ccc([C@@H](O)CC(C)C)c1OC)O2. The van der Waals surface area contributed by atoms with E-state index in [2.05, 4.69) is 6.58 Å². The van der Waals surface area contributed by atoms with Crippen LogP contribution >= 0.6 is 0 Å². The number of aliphatic hydroxyl groups excluding tert-OH is 1. The Kier molecular flexibility index (Phi) is 7.09. The number of methoxy groups -OCH3 is 1. The highest BCUT2D eigenvalue weighted by Gasteiger charge is 2.42. The zero-order valence-electron chi connectivity index (χ0n) is 22.4. The van der Waals surface area contributed by atoms with E-state index in [1.807, 2.05) is 20.8 Å². The van der Waals surface area contributed by atoms with E-state index in [1.54, 1.807) is 29.2 Å². The Morgan fingerprint density at radius 3 is 2.58 bits per heavy atom. The van der Waals surface area contributed by atoms with Crippen LogP contribution in [0.3, 0.4) is 0 Å². The highest BCUT2D eigenvalue weighted by atomic mass is 16.6. The molecule has 0 radical (unpaired) electrons. The number of aliphatic hydroxyl groups is 1. The van der Waals surface area contributed by atoms with Crippen LogP contribution in [-0.4, -0.2) is 42.3 Å². The summed E-state index contributed by atoms with van der Waals surface area (Å²) in [4.78, 5) is 28.1. The Hall–Kier alpha value is -3.52. The maximum atomic E-state index is 13.3. The Bertz CT molecular complexity index is 1270. The lowest BCUT2D eigenvalue weighted by Crippen LogP contribution is -2.31. The molecule has 3 atom stereocenters. The lowest BCUT2D eigenvalue weighted by Gasteiger charge is -2.27. The van der Waals surface area contributed by atoms with Crippen molar-refractivity contribution < 1.29 is 33.6 Å². The first-order valence-corrected chi connectivity index (χ1v) is 13.2. The van der Waals surface area contributed by atoms with Crippen LogP contribution < -0.4 is 14.2 Å². The molecule has 2 heterocycles. The third kappa shape index (κ3) is 4.62. The quantitative estimate of drug-likeness (QED) is 0.464. The van der Waals surface area contributed by atoms with Crippen LogP contribution in [0.2, 0.25) is 0 Å². The van der Waals surface area contributed by atoms with Gasteiger partial charge in [-0.2, -0.15) is 0 Å². The van der Waals surface area contributed by atoms with Gasteiger partial charge in [0.1, 0.15) is 23.7 Å². The van der Waals surface area contributed by atoms with Crippen molar-refractivity contribution >= 4 is 18.1 Å². The molecule has 0 bridgehead atoms. The van der Waals surface area contributed by atoms with Gasteiger partial charge in [-0.25, -0.2) is 9.59 Å². The molecular weight excluding hydrogens is 486 g/mol. The number of amides is 1. The van der Waals surface area contributed by atoms with E-state index < -0.39 is 18.2 Å². The highest BCUT2D eigenvalue weighted by molar-refractivity contribution is 5.97. The fourth-order valence-electron chi connectivity index (χ4n) is 5.77. The van der Waals surface area contributed by atoms with Crippen molar-refractivity contribution in [3.05, 3.63) is 52.6 Å². The van der Waals surface area contributed by atoms with Crippen LogP contribution in [0.4, 0.5) is 4.79 Å². The van der Waals surface area contributed by atoms with Crippen molar-refractivity contribution in [3.63, 3.8) is 0 Å². The number of fused-ring (bicyclic) bond motifs is 3. The number of likely N-dealkylation sites (tertiary alicyclic amines) is 1. The minimum Gasteiger partial charge on any atom is -0.495 e. The van der Waals surface area contributed by atoms with Crippen LogP contribution in [-0.2, 0) is 11.3 Å². The molecule has 8 heteroatoms. The number of carbonyl (C=O) groups is 2. The summed E-state index contributed by atoms with van der Waals surface area (Å²) in [5.74, 6) is 1.63. The van der Waals surface area contributed by atoms with Crippen LogP contribution in [0, 0.1) is 24.7 Å². The highest BCUT2D eigenvalue weighted by Crippen LogP contribution is 2.46. The van der Waals surface area contributed by atoms with E-state index in [1.165, 1.54) is 7.11 Å². The van der Waals surface area contributed by atoms with E-state index in [-0.39, 0.29) is 41.1 Å². The van der Waals surface area contributed by atoms with Gasteiger partial charge < -0.3 is 29.0 Å². The van der Waals surface area contributed by atoms with Gasteiger partial charge in [-0.05, 0) is 73.3 Å². The van der Waals surface area contributed by atoms with E-state index in [0.717, 1.165) is 24.0 Å². The molecule has 1 aliphatic carbocycles. The minimum atomic E-state index is -0.830. The second-order valence-corrected chi connectivity index (χ2v) is 10.9. The van der Waals surface area contributed by atoms with Crippen molar-refractivity contribution in [1.29, 1.82) is 0 Å². The molecule has 1 saturated carbocycles. The van der Waals surface area contributed by atoms with Gasteiger partial charge in [0, 0.05) is 24.2 Å². The minimum absolute atomic E-state index is 0.0765. The molecule has 0 spiro atoms. The Labute approximate surface area is 223 Å². The fourth-order valence-corrected chi connectivity index (χ4v) is 5.77. The second kappa shape index (κ2) is 10.3. The molecule has 1 amide bonds. The van der Waals surface area contributed by atoms with Crippen LogP contribution in [0.5, 0.6) is 23.0 Å². The zero-order valence-corrected chi connectivity index (χ0v) is 22.4. The summed E-state index contributed by atoms with van der Waals surface area (Å²) < 4.78 is 23.6. The summed E-state index contributed by atoms with van der Waals surface area (Å²) in [5, 5.41) is 10.8. The molecule has 1 N–H and O–H groups in total. The molecule has 2 aromatic carbocycles. The van der Waals surface area contributed by atoms with Gasteiger partial charge in [-0.3, -0.25) is 0 Å². The number of carbonyl (C=O) groups excluding carboxylic acids is 2. The average Bonchev–Trinajstić information content (AvgIpc) is 3.15. The molecule has 2 fully saturated rings. The smallest absolute Gasteiger partial charge is 0.415 e. The van der Waals surface area contributed by atoms with Gasteiger partial charge in [-0.1, -0.05) is 26.5 Å². The van der Waals surface area contributed by atoms with Crippen LogP contribution in [0.25, 0.3) is 6.08 Å². The molecule has 3 aliphatic rings. The average molecular weight is 522 g/mol. The number of rotatable bonds is 6. The van der Waals surface area contributed by atoms with E-state index in [0.29, 0.717) is 42.5 Å². The fraction of sp³-hybridized carbons (Fsp3) is 0.467. The normalized spacial score (nSPS) is 20.6. The lowest BCUT2D eigenvalue weighted by atomic mass is 9.77. The molecule has 2 unspecified atom stereocenters. The molecule has 5 rings (SSSR count). The van der Waals surface area contributed by atoms with Crippen molar-refractivity contribution in [3.8, 4) is 23.0 Å². The number of nitrogens with zero attached hydrogens (tertiary/aromatic N) is 1. The summed E-state index contributed by atoms with van der Waals surface area (Å²) in [6, 6.07) is 5.05. The molecule has 0 aromatic heterocycles. The van der Waals surface area contributed by atoms with E-state index in [9.17, 15) is 14.7 Å². The molecule has 2 aliphatic heterocycles. The number of cyclic esters (lactones) is 1. The van der Waals surface area contributed by atoms with Gasteiger partial charge in [-0.15, -0.1) is 0 Å². The molecule has 202 valence electrons. The lowest BCUT2D eigenvalue weighted by molar-refractivity contribution is 0.0453. The number of hydrogen-bond acceptors (Lipinski definition) is 7. The zero-order chi connectivity index (χ0) is 27.1. The third-order valence-corrected chi connectivity index (χ3v) is 7.91. The topological polar surface area (TPSA) is 94.5 Å². The predicted molar refractivity (Wildman–Crippen MR) is 142 cm³/mol. The summed E-state index contributed by atoms with van der Waals surface area (Å²) in [7, 11) is 1.44. The Balaban J connectivity index is 1.56.